The highest BCUT2D eigenvalue weighted by molar-refractivity contribution is 6.51. The van der Waals surface area contributed by atoms with Crippen molar-refractivity contribution in [3.8, 4) is 0 Å². The first-order valence-corrected chi connectivity index (χ1v) is 5.95. The maximum atomic E-state index is 10.5. The van der Waals surface area contributed by atoms with Crippen molar-refractivity contribution in [2.75, 3.05) is 5.43 Å². The molecule has 8 heteroatoms. The van der Waals surface area contributed by atoms with Gasteiger partial charge in [0.15, 0.2) is 0 Å². The summed E-state index contributed by atoms with van der Waals surface area (Å²) in [5.74, 6) is -1.34. The number of hydrazone groups is 1. The van der Waals surface area contributed by atoms with Gasteiger partial charge in [-0.15, -0.1) is 0 Å². The van der Waals surface area contributed by atoms with Crippen molar-refractivity contribution < 1.29 is 9.90 Å². The molecule has 1 rings (SSSR count). The highest BCUT2D eigenvalue weighted by Crippen LogP contribution is 2.25. The van der Waals surface area contributed by atoms with Gasteiger partial charge in [0.25, 0.3) is 0 Å². The van der Waals surface area contributed by atoms with Crippen molar-refractivity contribution >= 4 is 64.3 Å². The average Bonchev–Trinajstić information content (AvgIpc) is 2.30. The number of halogens is 4. The molecule has 0 saturated carbocycles. The first-order valence-electron chi connectivity index (χ1n) is 4.44. The Morgan fingerprint density at radius 3 is 2.56 bits per heavy atom. The maximum absolute atomic E-state index is 10.5. The lowest BCUT2D eigenvalue weighted by atomic mass is 10.3. The Morgan fingerprint density at radius 2 is 2.00 bits per heavy atom. The maximum Gasteiger partial charge on any atom is 0.348 e. The molecule has 0 radical (unpaired) electrons. The Kier molecular flexibility index (Phi) is 5.75. The van der Waals surface area contributed by atoms with Gasteiger partial charge in [-0.05, 0) is 18.2 Å². The third-order valence-corrected chi connectivity index (χ3v) is 2.99. The monoisotopic (exact) mass is 326 g/mol. The number of benzene rings is 1. The van der Waals surface area contributed by atoms with Gasteiger partial charge in [0.1, 0.15) is 5.03 Å². The van der Waals surface area contributed by atoms with Gasteiger partial charge >= 0.3 is 5.97 Å². The second-order valence-electron chi connectivity index (χ2n) is 2.96. The highest BCUT2D eigenvalue weighted by Gasteiger charge is 2.07. The highest BCUT2D eigenvalue weighted by atomic mass is 35.5. The lowest BCUT2D eigenvalue weighted by Gasteiger charge is -2.02. The third-order valence-electron chi connectivity index (χ3n) is 1.69. The van der Waals surface area contributed by atoms with Crippen LogP contribution >= 0.6 is 46.4 Å². The summed E-state index contributed by atoms with van der Waals surface area (Å²) in [6.45, 7) is 0. The second kappa shape index (κ2) is 6.85. The minimum atomic E-state index is -1.34. The number of anilines is 1. The Bertz CT molecular complexity index is 529. The van der Waals surface area contributed by atoms with Gasteiger partial charge in [0, 0.05) is 5.02 Å². The second-order valence-corrected chi connectivity index (χ2v) is 4.59. The fourth-order valence-electron chi connectivity index (χ4n) is 0.897. The quantitative estimate of drug-likeness (QED) is 0.495. The van der Waals surface area contributed by atoms with Crippen LogP contribution in [0.15, 0.2) is 33.4 Å². The number of aliphatic carboxylic acids is 1. The van der Waals surface area contributed by atoms with Crippen LogP contribution in [0.4, 0.5) is 5.69 Å². The summed E-state index contributed by atoms with van der Waals surface area (Å²) in [4.78, 5) is 10.5. The lowest BCUT2D eigenvalue weighted by Crippen LogP contribution is -1.98. The Morgan fingerprint density at radius 1 is 1.33 bits per heavy atom. The number of nitrogens with one attached hydrogen (secondary N) is 1. The average molecular weight is 328 g/mol. The van der Waals surface area contributed by atoms with E-state index in [9.17, 15) is 4.79 Å². The molecule has 1 aromatic carbocycles. The molecule has 2 N–H and O–H groups in total. The lowest BCUT2D eigenvalue weighted by molar-refractivity contribution is -0.131. The number of hydrogen-bond acceptors (Lipinski definition) is 3. The van der Waals surface area contributed by atoms with E-state index >= 15 is 0 Å². The summed E-state index contributed by atoms with van der Waals surface area (Å²) in [5, 5.41) is 12.4. The molecule has 0 aliphatic carbocycles. The zero-order valence-corrected chi connectivity index (χ0v) is 11.6. The van der Waals surface area contributed by atoms with Crippen molar-refractivity contribution in [3.05, 3.63) is 38.3 Å². The topological polar surface area (TPSA) is 61.7 Å². The number of nitrogens with zero attached hydrogens (tertiary/aromatic N) is 1. The van der Waals surface area contributed by atoms with Crippen molar-refractivity contribution in [3.63, 3.8) is 0 Å². The molecule has 0 unspecified atom stereocenters. The van der Waals surface area contributed by atoms with Crippen LogP contribution in [0.5, 0.6) is 0 Å². The third kappa shape index (κ3) is 4.38. The molecule has 0 bridgehead atoms. The van der Waals surface area contributed by atoms with Crippen LogP contribution in [0, 0.1) is 0 Å². The minimum Gasteiger partial charge on any atom is -0.477 e. The summed E-state index contributed by atoms with van der Waals surface area (Å²) in [5.41, 5.74) is 3.07. The van der Waals surface area contributed by atoms with E-state index in [2.05, 4.69) is 10.5 Å². The van der Waals surface area contributed by atoms with Crippen molar-refractivity contribution in [2.24, 2.45) is 5.10 Å². The van der Waals surface area contributed by atoms with E-state index < -0.39 is 11.0 Å². The van der Waals surface area contributed by atoms with Crippen molar-refractivity contribution in [2.45, 2.75) is 0 Å². The summed E-state index contributed by atoms with van der Waals surface area (Å²) in [7, 11) is 0. The van der Waals surface area contributed by atoms with Gasteiger partial charge in [-0.25, -0.2) is 4.79 Å². The van der Waals surface area contributed by atoms with Gasteiger partial charge in [-0.2, -0.15) is 5.10 Å². The fourth-order valence-corrected chi connectivity index (χ4v) is 1.53. The van der Waals surface area contributed by atoms with Gasteiger partial charge in [-0.3, -0.25) is 5.43 Å². The summed E-state index contributed by atoms with van der Waals surface area (Å²) in [6, 6.07) is 4.76. The molecule has 1 aromatic rings. The predicted octanol–water partition coefficient (Wildman–Crippen LogP) is 4.16. The van der Waals surface area contributed by atoms with E-state index in [0.717, 1.165) is 6.21 Å². The molecule has 0 heterocycles. The van der Waals surface area contributed by atoms with E-state index in [4.69, 9.17) is 51.5 Å². The zero-order chi connectivity index (χ0) is 13.7. The van der Waals surface area contributed by atoms with Gasteiger partial charge < -0.3 is 5.11 Å². The Labute approximate surface area is 123 Å². The molecule has 0 atom stereocenters. The SMILES string of the molecule is O=C(O)/C(Cl)=C(Cl)\C=N/Nc1ccc(Cl)cc1Cl. The molecular formula is C10H6Cl4N2O2. The Balaban J connectivity index is 2.77. The van der Waals surface area contributed by atoms with Crippen LogP contribution in [-0.2, 0) is 4.79 Å². The predicted molar refractivity (Wildman–Crippen MR) is 74.9 cm³/mol. The molecule has 0 fully saturated rings. The minimum absolute atomic E-state index is 0.207. The molecule has 4 nitrogen and oxygen atoms in total. The van der Waals surface area contributed by atoms with Crippen LogP contribution in [0.25, 0.3) is 0 Å². The standard InChI is InChI=1S/C10H6Cl4N2O2/c11-5-1-2-8(6(12)3-5)16-15-4-7(13)9(14)10(17)18/h1-4,16H,(H,17,18)/b9-7-,15-4-. The van der Waals surface area contributed by atoms with Gasteiger partial charge in [-0.1, -0.05) is 46.4 Å². The van der Waals surface area contributed by atoms with Crippen LogP contribution < -0.4 is 5.43 Å². The molecule has 0 aromatic heterocycles. The molecule has 0 aliphatic heterocycles. The van der Waals surface area contributed by atoms with Crippen molar-refractivity contribution in [1.29, 1.82) is 0 Å². The van der Waals surface area contributed by atoms with Crippen LogP contribution in [-0.4, -0.2) is 17.3 Å². The first kappa shape index (κ1) is 15.1. The van der Waals surface area contributed by atoms with Crippen LogP contribution in [0.2, 0.25) is 10.0 Å². The number of hydrogen-bond donors (Lipinski definition) is 2. The summed E-state index contributed by atoms with van der Waals surface area (Å²) >= 11 is 22.6. The van der Waals surface area contributed by atoms with E-state index in [-0.39, 0.29) is 5.03 Å². The van der Waals surface area contributed by atoms with Gasteiger partial charge in [0.2, 0.25) is 0 Å². The Hall–Kier alpha value is -0.940. The molecule has 0 spiro atoms. The van der Waals surface area contributed by atoms with Gasteiger partial charge in [0.05, 0.1) is 22.0 Å². The number of carboxylic acid groups (broad SMARTS) is 1. The fraction of sp³-hybridized carbons (Fsp3) is 0. The number of allylic oxidation sites excluding steroid dienone is 1. The number of rotatable bonds is 4. The zero-order valence-electron chi connectivity index (χ0n) is 8.62. The normalized spacial score (nSPS) is 12.4. The van der Waals surface area contributed by atoms with E-state index in [1.807, 2.05) is 0 Å². The van der Waals surface area contributed by atoms with E-state index in [0.29, 0.717) is 15.7 Å². The number of carbonyl (C=O) groups is 1. The van der Waals surface area contributed by atoms with E-state index in [1.165, 1.54) is 6.07 Å². The smallest absolute Gasteiger partial charge is 0.348 e. The molecule has 18 heavy (non-hydrogen) atoms. The first-order chi connectivity index (χ1) is 8.41. The molecule has 0 amide bonds. The van der Waals surface area contributed by atoms with E-state index in [1.54, 1.807) is 12.1 Å². The van der Waals surface area contributed by atoms with Crippen LogP contribution in [0.3, 0.4) is 0 Å². The molecule has 96 valence electrons. The molecule has 0 aliphatic rings. The largest absolute Gasteiger partial charge is 0.477 e. The molecular weight excluding hydrogens is 322 g/mol. The van der Waals surface area contributed by atoms with Crippen molar-refractivity contribution in [1.82, 2.24) is 0 Å². The summed E-state index contributed by atoms with van der Waals surface area (Å²) < 4.78 is 0. The van der Waals surface area contributed by atoms with Crippen LogP contribution in [0.1, 0.15) is 0 Å². The molecule has 0 saturated heterocycles. The summed E-state index contributed by atoms with van der Waals surface area (Å²) in [6.07, 6.45) is 1.06. The number of carboxylic acids is 1.